The lowest BCUT2D eigenvalue weighted by Gasteiger charge is -2.37. The molecule has 0 aliphatic carbocycles. The van der Waals surface area contributed by atoms with Crippen LogP contribution >= 0.6 is 0 Å². The fourth-order valence-electron chi connectivity index (χ4n) is 2.63. The lowest BCUT2D eigenvalue weighted by atomic mass is 10.0. The fourth-order valence-corrected chi connectivity index (χ4v) is 3.65. The van der Waals surface area contributed by atoms with E-state index >= 15 is 0 Å². The standard InChI is InChI=1S/C17H30N2O5Si/c1-11-8-19(16(22)18-15(11)21)14-7-12(9-20)13(24-14)10-23-25(5,6)17(2,3)4/h8,12-14,20H,7,9-10H2,1-6H3,(H,18,21,22)/t12-,13+,14+/m0/s1. The Hall–Kier alpha value is -1.22. The number of hydrogen-bond acceptors (Lipinski definition) is 5. The molecule has 1 aliphatic heterocycles. The smallest absolute Gasteiger partial charge is 0.330 e. The van der Waals surface area contributed by atoms with Gasteiger partial charge in [-0.1, -0.05) is 20.8 Å². The molecule has 0 amide bonds. The Morgan fingerprint density at radius 1 is 1.40 bits per heavy atom. The number of nitrogens with one attached hydrogen (secondary N) is 1. The van der Waals surface area contributed by atoms with Crippen LogP contribution in [-0.4, -0.2) is 42.3 Å². The summed E-state index contributed by atoms with van der Waals surface area (Å²) in [6, 6.07) is 0. The minimum Gasteiger partial charge on any atom is -0.414 e. The highest BCUT2D eigenvalue weighted by Crippen LogP contribution is 2.38. The van der Waals surface area contributed by atoms with Crippen LogP contribution < -0.4 is 11.2 Å². The summed E-state index contributed by atoms with van der Waals surface area (Å²) in [7, 11) is -1.92. The zero-order valence-corrected chi connectivity index (χ0v) is 17.0. The van der Waals surface area contributed by atoms with Crippen LogP contribution in [0.3, 0.4) is 0 Å². The van der Waals surface area contributed by atoms with Gasteiger partial charge in [0.15, 0.2) is 8.32 Å². The first-order chi connectivity index (χ1) is 11.5. The molecular formula is C17H30N2O5Si. The molecule has 8 heteroatoms. The first-order valence-corrected chi connectivity index (χ1v) is 11.6. The number of aliphatic hydroxyl groups is 1. The van der Waals surface area contributed by atoms with Gasteiger partial charge in [0.1, 0.15) is 6.23 Å². The predicted molar refractivity (Wildman–Crippen MR) is 98.3 cm³/mol. The van der Waals surface area contributed by atoms with E-state index in [0.29, 0.717) is 18.6 Å². The molecule has 0 radical (unpaired) electrons. The normalized spacial score (nSPS) is 24.7. The van der Waals surface area contributed by atoms with Crippen molar-refractivity contribution in [3.63, 3.8) is 0 Å². The summed E-state index contributed by atoms with van der Waals surface area (Å²) in [4.78, 5) is 25.9. The highest BCUT2D eigenvalue weighted by atomic mass is 28.4. The monoisotopic (exact) mass is 370 g/mol. The Kier molecular flexibility index (Phi) is 5.77. The Bertz CT molecular complexity index is 719. The van der Waals surface area contributed by atoms with E-state index in [9.17, 15) is 14.7 Å². The van der Waals surface area contributed by atoms with Crippen molar-refractivity contribution >= 4 is 8.32 Å². The highest BCUT2D eigenvalue weighted by Gasteiger charge is 2.41. The van der Waals surface area contributed by atoms with E-state index in [1.807, 2.05) is 0 Å². The van der Waals surface area contributed by atoms with Crippen molar-refractivity contribution in [3.05, 3.63) is 32.6 Å². The van der Waals surface area contributed by atoms with Crippen LogP contribution in [0.4, 0.5) is 0 Å². The second-order valence-electron chi connectivity index (χ2n) is 8.36. The van der Waals surface area contributed by atoms with Gasteiger partial charge in [-0.15, -0.1) is 0 Å². The predicted octanol–water partition coefficient (Wildman–Crippen LogP) is 1.76. The minimum atomic E-state index is -1.92. The molecule has 1 aromatic rings. The van der Waals surface area contributed by atoms with Crippen molar-refractivity contribution < 1.29 is 14.3 Å². The number of aromatic amines is 1. The second kappa shape index (κ2) is 7.18. The molecule has 3 atom stereocenters. The third kappa shape index (κ3) is 4.31. The lowest BCUT2D eigenvalue weighted by Crippen LogP contribution is -2.43. The Balaban J connectivity index is 2.14. The van der Waals surface area contributed by atoms with Crippen LogP contribution in [0, 0.1) is 12.8 Å². The fraction of sp³-hybridized carbons (Fsp3) is 0.765. The van der Waals surface area contributed by atoms with Gasteiger partial charge >= 0.3 is 5.69 Å². The van der Waals surface area contributed by atoms with Crippen LogP contribution in [0.1, 0.15) is 39.0 Å². The summed E-state index contributed by atoms with van der Waals surface area (Å²) in [6.45, 7) is 12.9. The van der Waals surface area contributed by atoms with Crippen molar-refractivity contribution in [2.24, 2.45) is 5.92 Å². The van der Waals surface area contributed by atoms with Gasteiger partial charge in [-0.3, -0.25) is 14.3 Å². The zero-order chi connectivity index (χ0) is 19.0. The molecule has 25 heavy (non-hydrogen) atoms. The van der Waals surface area contributed by atoms with Crippen molar-refractivity contribution in [1.82, 2.24) is 9.55 Å². The number of hydrogen-bond donors (Lipinski definition) is 2. The quantitative estimate of drug-likeness (QED) is 0.771. The first kappa shape index (κ1) is 20.1. The van der Waals surface area contributed by atoms with Gasteiger partial charge < -0.3 is 14.3 Å². The molecule has 1 aliphatic rings. The molecule has 1 saturated heterocycles. The summed E-state index contributed by atoms with van der Waals surface area (Å²) < 4.78 is 13.6. The summed E-state index contributed by atoms with van der Waals surface area (Å²) in [5.41, 5.74) is -0.441. The van der Waals surface area contributed by atoms with Crippen molar-refractivity contribution in [1.29, 1.82) is 0 Å². The van der Waals surface area contributed by atoms with Gasteiger partial charge in [0, 0.05) is 30.7 Å². The van der Waals surface area contributed by atoms with Gasteiger partial charge in [-0.2, -0.15) is 0 Å². The molecule has 2 rings (SSSR count). The molecule has 7 nitrogen and oxygen atoms in total. The topological polar surface area (TPSA) is 93.6 Å². The maximum atomic E-state index is 12.1. The number of aliphatic hydroxyl groups excluding tert-OH is 1. The van der Waals surface area contributed by atoms with Gasteiger partial charge in [-0.05, 0) is 25.1 Å². The minimum absolute atomic E-state index is 0.0287. The molecule has 0 bridgehead atoms. The van der Waals surface area contributed by atoms with Gasteiger partial charge in [0.05, 0.1) is 12.7 Å². The van der Waals surface area contributed by atoms with Crippen LogP contribution in [0.2, 0.25) is 18.1 Å². The van der Waals surface area contributed by atoms with Gasteiger partial charge in [0.25, 0.3) is 5.56 Å². The van der Waals surface area contributed by atoms with E-state index in [-0.39, 0.29) is 23.7 Å². The van der Waals surface area contributed by atoms with Crippen molar-refractivity contribution in [2.75, 3.05) is 13.2 Å². The van der Waals surface area contributed by atoms with E-state index in [0.717, 1.165) is 0 Å². The Labute approximate surface area is 149 Å². The SMILES string of the molecule is Cc1cn([C@H]2C[C@@H](CO)[C@@H](CO[Si](C)(C)C(C)(C)C)O2)c(=O)[nH]c1=O. The summed E-state index contributed by atoms with van der Waals surface area (Å²) in [5.74, 6) is -0.103. The number of rotatable bonds is 5. The number of aromatic nitrogens is 2. The molecule has 0 aromatic carbocycles. The Morgan fingerprint density at radius 2 is 2.04 bits per heavy atom. The molecule has 0 saturated carbocycles. The van der Waals surface area contributed by atoms with E-state index in [4.69, 9.17) is 9.16 Å². The molecule has 0 spiro atoms. The molecule has 0 unspecified atom stereocenters. The lowest BCUT2D eigenvalue weighted by molar-refractivity contribution is -0.0340. The summed E-state index contributed by atoms with van der Waals surface area (Å²) in [5, 5.41) is 9.78. The summed E-state index contributed by atoms with van der Waals surface area (Å²) in [6.07, 6.45) is 1.24. The number of nitrogens with zero attached hydrogens (tertiary/aromatic N) is 1. The van der Waals surface area contributed by atoms with Crippen LogP contribution in [0.15, 0.2) is 15.8 Å². The van der Waals surface area contributed by atoms with E-state index in [1.54, 1.807) is 6.92 Å². The maximum absolute atomic E-state index is 12.1. The van der Waals surface area contributed by atoms with Gasteiger partial charge in [-0.25, -0.2) is 4.79 Å². The largest absolute Gasteiger partial charge is 0.414 e. The first-order valence-electron chi connectivity index (χ1n) is 8.68. The molecule has 2 heterocycles. The highest BCUT2D eigenvalue weighted by molar-refractivity contribution is 6.74. The third-order valence-electron chi connectivity index (χ3n) is 5.47. The van der Waals surface area contributed by atoms with E-state index in [1.165, 1.54) is 10.8 Å². The zero-order valence-electron chi connectivity index (χ0n) is 16.0. The molecular weight excluding hydrogens is 340 g/mol. The third-order valence-corrected chi connectivity index (χ3v) is 9.97. The summed E-state index contributed by atoms with van der Waals surface area (Å²) >= 11 is 0. The number of ether oxygens (including phenoxy) is 1. The van der Waals surface area contributed by atoms with Crippen molar-refractivity contribution in [2.45, 2.75) is 64.6 Å². The van der Waals surface area contributed by atoms with Crippen LogP contribution in [-0.2, 0) is 9.16 Å². The number of aryl methyl sites for hydroxylation is 1. The van der Waals surface area contributed by atoms with Crippen LogP contribution in [0.25, 0.3) is 0 Å². The van der Waals surface area contributed by atoms with Crippen LogP contribution in [0.5, 0.6) is 0 Å². The van der Waals surface area contributed by atoms with E-state index in [2.05, 4.69) is 38.8 Å². The average Bonchev–Trinajstić information content (AvgIpc) is 2.91. The van der Waals surface area contributed by atoms with Crippen molar-refractivity contribution in [3.8, 4) is 0 Å². The number of H-pyrrole nitrogens is 1. The van der Waals surface area contributed by atoms with Gasteiger partial charge in [0.2, 0.25) is 0 Å². The molecule has 2 N–H and O–H groups in total. The average molecular weight is 371 g/mol. The second-order valence-corrected chi connectivity index (χ2v) is 13.2. The Morgan fingerprint density at radius 3 is 2.60 bits per heavy atom. The molecule has 142 valence electrons. The maximum Gasteiger partial charge on any atom is 0.330 e. The molecule has 1 aromatic heterocycles. The molecule has 1 fully saturated rings. The van der Waals surface area contributed by atoms with E-state index < -0.39 is 25.8 Å².